The Bertz CT molecular complexity index is 1180. The maximum Gasteiger partial charge on any atom is 0.416 e. The van der Waals surface area contributed by atoms with Crippen molar-refractivity contribution in [2.75, 3.05) is 11.1 Å². The Morgan fingerprint density at radius 2 is 2.00 bits per heavy atom. The molecule has 0 bridgehead atoms. The molecular formula is C23H26F3N7O3. The molecule has 1 aliphatic heterocycles. The molecule has 2 amide bonds. The third kappa shape index (κ3) is 7.35. The molecule has 0 fully saturated rings. The van der Waals surface area contributed by atoms with Gasteiger partial charge in [0, 0.05) is 18.2 Å². The number of nitrogens with one attached hydrogen (secondary N) is 2. The van der Waals surface area contributed by atoms with Crippen molar-refractivity contribution in [2.24, 2.45) is 10.1 Å². The first-order valence-corrected chi connectivity index (χ1v) is 10.9. The van der Waals surface area contributed by atoms with Crippen molar-refractivity contribution in [2.45, 2.75) is 45.8 Å². The largest absolute Gasteiger partial charge is 0.416 e. The summed E-state index contributed by atoms with van der Waals surface area (Å²) in [5.41, 5.74) is 5.37. The molecule has 1 atom stereocenters. The number of benzene rings is 1. The van der Waals surface area contributed by atoms with E-state index >= 15 is 0 Å². The maximum atomic E-state index is 12.7. The maximum absolute atomic E-state index is 12.7. The van der Waals surface area contributed by atoms with Gasteiger partial charge in [0.05, 0.1) is 29.2 Å². The molecular weight excluding hydrogens is 479 g/mol. The van der Waals surface area contributed by atoms with Gasteiger partial charge in [-0.3, -0.25) is 14.6 Å². The molecule has 36 heavy (non-hydrogen) atoms. The van der Waals surface area contributed by atoms with Gasteiger partial charge < -0.3 is 21.2 Å². The Hall–Kier alpha value is -4.29. The fourth-order valence-electron chi connectivity index (χ4n) is 2.90. The molecule has 0 radical (unpaired) electrons. The minimum absolute atomic E-state index is 0.100. The van der Waals surface area contributed by atoms with E-state index in [0.29, 0.717) is 17.8 Å². The van der Waals surface area contributed by atoms with Crippen LogP contribution in [-0.2, 0) is 22.2 Å². The fraction of sp³-hybridized carbons (Fsp3) is 0.304. The number of hydrogen-bond donors (Lipinski definition) is 3. The molecule has 3 rings (SSSR count). The number of hydrogen-bond acceptors (Lipinski definition) is 8. The number of nitrogens with two attached hydrogens (primary N) is 1. The number of nitrogen functional groups attached to an aromatic ring is 1. The Kier molecular flexibility index (Phi) is 9.65. The first-order valence-electron chi connectivity index (χ1n) is 10.9. The number of aromatic nitrogens is 2. The van der Waals surface area contributed by atoms with Crippen LogP contribution in [-0.4, -0.2) is 40.3 Å². The summed E-state index contributed by atoms with van der Waals surface area (Å²) in [7, 11) is 0. The Labute approximate surface area is 205 Å². The molecule has 0 saturated heterocycles. The normalized spacial score (nSPS) is 13.9. The lowest BCUT2D eigenvalue weighted by molar-refractivity contribution is -0.137. The van der Waals surface area contributed by atoms with E-state index in [9.17, 15) is 22.8 Å². The van der Waals surface area contributed by atoms with E-state index in [2.05, 4.69) is 37.3 Å². The smallest absolute Gasteiger partial charge is 0.397 e. The number of anilines is 2. The summed E-state index contributed by atoms with van der Waals surface area (Å²) < 4.78 is 38.0. The lowest BCUT2D eigenvalue weighted by Gasteiger charge is -2.19. The minimum Gasteiger partial charge on any atom is -0.397 e. The molecule has 192 valence electrons. The second-order valence-corrected chi connectivity index (χ2v) is 7.15. The molecule has 0 aliphatic carbocycles. The molecule has 1 aromatic carbocycles. The number of carbonyl (C=O) groups excluding carboxylic acids is 2. The average Bonchev–Trinajstić information content (AvgIpc) is 2.84. The fourth-order valence-corrected chi connectivity index (χ4v) is 2.90. The van der Waals surface area contributed by atoms with Crippen molar-refractivity contribution in [3.63, 3.8) is 0 Å². The van der Waals surface area contributed by atoms with E-state index in [4.69, 9.17) is 10.6 Å². The van der Waals surface area contributed by atoms with Crippen LogP contribution in [0.15, 0.2) is 47.0 Å². The predicted octanol–water partition coefficient (Wildman–Crippen LogP) is 4.03. The van der Waals surface area contributed by atoms with Gasteiger partial charge in [0.25, 0.3) is 5.91 Å². The van der Waals surface area contributed by atoms with Gasteiger partial charge in [0.2, 0.25) is 5.91 Å². The number of carbonyl (C=O) groups is 2. The Morgan fingerprint density at radius 1 is 1.28 bits per heavy atom. The van der Waals surface area contributed by atoms with E-state index in [-0.39, 0.29) is 35.2 Å². The van der Waals surface area contributed by atoms with E-state index in [1.54, 1.807) is 6.92 Å². The Balaban J connectivity index is 0.00000222. The summed E-state index contributed by atoms with van der Waals surface area (Å²) in [4.78, 5) is 41.1. The Morgan fingerprint density at radius 3 is 2.67 bits per heavy atom. The van der Waals surface area contributed by atoms with Gasteiger partial charge in [0.1, 0.15) is 23.6 Å². The van der Waals surface area contributed by atoms with Crippen molar-refractivity contribution in [1.29, 1.82) is 0 Å². The summed E-state index contributed by atoms with van der Waals surface area (Å²) in [5, 5.41) is 8.89. The van der Waals surface area contributed by atoms with Crippen LogP contribution in [0.1, 0.15) is 48.8 Å². The zero-order valence-corrected chi connectivity index (χ0v) is 19.9. The SMILES string of the molecule is C=C(O/N=C/C=Nc1ccc(C(F)(F)F)cc1N)C(C)NC(=O)c1ncnc2c1CCC(=O)N2.CC. The number of nitrogens with zero attached hydrogens (tertiary/aromatic N) is 4. The third-order valence-electron chi connectivity index (χ3n) is 4.72. The summed E-state index contributed by atoms with van der Waals surface area (Å²) in [6.45, 7) is 9.30. The monoisotopic (exact) mass is 505 g/mol. The van der Waals surface area contributed by atoms with Crippen LogP contribution in [0.5, 0.6) is 0 Å². The third-order valence-corrected chi connectivity index (χ3v) is 4.72. The summed E-state index contributed by atoms with van der Waals surface area (Å²) in [6, 6.07) is 2.13. The zero-order valence-electron chi connectivity index (χ0n) is 19.9. The number of aliphatic imine (C=N–C) groups is 1. The molecule has 1 aromatic heterocycles. The molecule has 1 unspecified atom stereocenters. The van der Waals surface area contributed by atoms with Gasteiger partial charge in [-0.15, -0.1) is 0 Å². The van der Waals surface area contributed by atoms with Crippen molar-refractivity contribution in [1.82, 2.24) is 15.3 Å². The molecule has 2 heterocycles. The van der Waals surface area contributed by atoms with E-state index in [1.165, 1.54) is 12.5 Å². The van der Waals surface area contributed by atoms with E-state index < -0.39 is 23.7 Å². The lowest BCUT2D eigenvalue weighted by atomic mass is 10.0. The van der Waals surface area contributed by atoms with Crippen molar-refractivity contribution < 1.29 is 27.6 Å². The van der Waals surface area contributed by atoms with E-state index in [0.717, 1.165) is 24.4 Å². The summed E-state index contributed by atoms with van der Waals surface area (Å²) in [5.74, 6) is -0.287. The minimum atomic E-state index is -4.50. The van der Waals surface area contributed by atoms with Gasteiger partial charge >= 0.3 is 6.18 Å². The summed E-state index contributed by atoms with van der Waals surface area (Å²) in [6.07, 6.45) is -0.440. The van der Waals surface area contributed by atoms with Crippen LogP contribution in [0.4, 0.5) is 30.4 Å². The number of fused-ring (bicyclic) bond motifs is 1. The number of alkyl halides is 3. The quantitative estimate of drug-likeness (QED) is 0.224. The van der Waals surface area contributed by atoms with Crippen molar-refractivity contribution >= 4 is 41.4 Å². The molecule has 13 heteroatoms. The lowest BCUT2D eigenvalue weighted by Crippen LogP contribution is -2.36. The number of halogens is 3. The van der Waals surface area contributed by atoms with Gasteiger partial charge in [-0.25, -0.2) is 9.97 Å². The van der Waals surface area contributed by atoms with Gasteiger partial charge in [0.15, 0.2) is 0 Å². The van der Waals surface area contributed by atoms with Crippen LogP contribution in [0.3, 0.4) is 0 Å². The molecule has 4 N–H and O–H groups in total. The van der Waals surface area contributed by atoms with Crippen LogP contribution >= 0.6 is 0 Å². The number of oxime groups is 1. The first-order chi connectivity index (χ1) is 17.1. The van der Waals surface area contributed by atoms with Crippen molar-refractivity contribution in [3.8, 4) is 0 Å². The highest BCUT2D eigenvalue weighted by molar-refractivity contribution is 6.16. The van der Waals surface area contributed by atoms with Crippen LogP contribution in [0.2, 0.25) is 0 Å². The second-order valence-electron chi connectivity index (χ2n) is 7.15. The number of amides is 2. The highest BCUT2D eigenvalue weighted by Crippen LogP contribution is 2.33. The number of rotatable bonds is 7. The predicted molar refractivity (Wildman–Crippen MR) is 130 cm³/mol. The molecule has 2 aromatic rings. The standard InChI is InChI=1S/C21H20F3N7O3.C2H6/c1-11(30-20(33)18-14-4-6-17(32)31-19(14)28-10-27-18)12(2)34-29-8-7-26-16-5-3-13(9-15(16)25)21(22,23)24;1-2/h3,5,7-11H,2,4,6,25H2,1H3,(H,30,33)(H,27,28,31,32);1-2H3/b26-7?,29-8+;. The van der Waals surface area contributed by atoms with Gasteiger partial charge in [-0.05, 0) is 31.5 Å². The first kappa shape index (κ1) is 28.0. The van der Waals surface area contributed by atoms with Crippen LogP contribution in [0.25, 0.3) is 0 Å². The zero-order chi connectivity index (χ0) is 26.9. The van der Waals surface area contributed by atoms with Crippen molar-refractivity contribution in [3.05, 3.63) is 53.7 Å². The molecule has 1 aliphatic rings. The summed E-state index contributed by atoms with van der Waals surface area (Å²) >= 11 is 0. The van der Waals surface area contributed by atoms with Crippen LogP contribution in [0, 0.1) is 0 Å². The molecule has 0 saturated carbocycles. The highest BCUT2D eigenvalue weighted by Gasteiger charge is 2.30. The average molecular weight is 506 g/mol. The van der Waals surface area contributed by atoms with E-state index in [1.807, 2.05) is 13.8 Å². The molecule has 10 nitrogen and oxygen atoms in total. The van der Waals surface area contributed by atoms with Gasteiger partial charge in [-0.1, -0.05) is 25.6 Å². The highest BCUT2D eigenvalue weighted by atomic mass is 19.4. The van der Waals surface area contributed by atoms with Gasteiger partial charge in [-0.2, -0.15) is 13.2 Å². The second kappa shape index (κ2) is 12.4. The molecule has 0 spiro atoms. The topological polar surface area (TPSA) is 144 Å². The van der Waals surface area contributed by atoms with Crippen LogP contribution < -0.4 is 16.4 Å².